The molecule has 0 aromatic carbocycles. The number of aryl methyl sites for hydroxylation is 1. The van der Waals surface area contributed by atoms with Crippen molar-refractivity contribution in [1.82, 2.24) is 24.3 Å². The number of nitrogens with zero attached hydrogens (tertiary/aromatic N) is 4. The zero-order valence-corrected chi connectivity index (χ0v) is 13.7. The normalized spacial score (nSPS) is 15.0. The summed E-state index contributed by atoms with van der Waals surface area (Å²) in [5, 5.41) is 2.81. The fraction of sp³-hybridized carbons (Fsp3) is 0.500. The van der Waals surface area contributed by atoms with Crippen molar-refractivity contribution in [1.29, 1.82) is 0 Å². The average molecular weight is 331 g/mol. The van der Waals surface area contributed by atoms with Crippen LogP contribution in [-0.2, 0) is 18.4 Å². The van der Waals surface area contributed by atoms with Gasteiger partial charge in [0.1, 0.15) is 6.54 Å². The first-order valence-electron chi connectivity index (χ1n) is 8.11. The lowest BCUT2D eigenvalue weighted by Gasteiger charge is -2.15. The SMILES string of the molecule is Cn1c(=O)c(=O)n(CC(=O)NCCN2CCCC2)c2cccnc21. The Morgan fingerprint density at radius 3 is 2.75 bits per heavy atom. The lowest BCUT2D eigenvalue weighted by atomic mass is 10.3. The lowest BCUT2D eigenvalue weighted by molar-refractivity contribution is -0.121. The Balaban J connectivity index is 1.75. The van der Waals surface area contributed by atoms with Crippen LogP contribution in [-0.4, -0.2) is 51.1 Å². The van der Waals surface area contributed by atoms with Gasteiger partial charge in [-0.1, -0.05) is 0 Å². The maximum atomic E-state index is 12.2. The summed E-state index contributed by atoms with van der Waals surface area (Å²) in [6.07, 6.45) is 3.96. The van der Waals surface area contributed by atoms with Gasteiger partial charge in [-0.25, -0.2) is 4.98 Å². The van der Waals surface area contributed by atoms with Crippen molar-refractivity contribution in [2.45, 2.75) is 19.4 Å². The minimum absolute atomic E-state index is 0.183. The van der Waals surface area contributed by atoms with Crippen LogP contribution in [0, 0.1) is 0 Å². The molecule has 3 rings (SSSR count). The quantitative estimate of drug-likeness (QED) is 0.733. The molecule has 24 heavy (non-hydrogen) atoms. The Morgan fingerprint density at radius 2 is 2.00 bits per heavy atom. The summed E-state index contributed by atoms with van der Waals surface area (Å²) < 4.78 is 2.40. The first-order valence-corrected chi connectivity index (χ1v) is 8.11. The van der Waals surface area contributed by atoms with Crippen molar-refractivity contribution in [2.75, 3.05) is 26.2 Å². The summed E-state index contributed by atoms with van der Waals surface area (Å²) in [7, 11) is 1.50. The monoisotopic (exact) mass is 331 g/mol. The molecule has 1 fully saturated rings. The standard InChI is InChI=1S/C16H21N5O3/c1-19-14-12(5-4-6-18-14)21(16(24)15(19)23)11-13(22)17-7-10-20-8-2-3-9-20/h4-6H,2-3,7-11H2,1H3,(H,17,22). The van der Waals surface area contributed by atoms with Crippen LogP contribution in [0.5, 0.6) is 0 Å². The van der Waals surface area contributed by atoms with Gasteiger partial charge in [0, 0.05) is 26.3 Å². The maximum absolute atomic E-state index is 12.2. The van der Waals surface area contributed by atoms with E-state index in [0.29, 0.717) is 17.7 Å². The van der Waals surface area contributed by atoms with E-state index < -0.39 is 11.1 Å². The van der Waals surface area contributed by atoms with Crippen LogP contribution < -0.4 is 16.4 Å². The molecule has 0 radical (unpaired) electrons. The van der Waals surface area contributed by atoms with Crippen LogP contribution in [0.2, 0.25) is 0 Å². The number of fused-ring (bicyclic) bond motifs is 1. The van der Waals surface area contributed by atoms with Crippen LogP contribution in [0.3, 0.4) is 0 Å². The van der Waals surface area contributed by atoms with Gasteiger partial charge in [0.05, 0.1) is 5.52 Å². The van der Waals surface area contributed by atoms with Crippen LogP contribution in [0.1, 0.15) is 12.8 Å². The van der Waals surface area contributed by atoms with Crippen molar-refractivity contribution in [3.05, 3.63) is 39.0 Å². The molecule has 0 saturated carbocycles. The van der Waals surface area contributed by atoms with E-state index in [0.717, 1.165) is 19.6 Å². The molecular formula is C16H21N5O3. The summed E-state index contributed by atoms with van der Waals surface area (Å²) in [6.45, 7) is 3.30. The second-order valence-corrected chi connectivity index (χ2v) is 6.00. The van der Waals surface area contributed by atoms with Crippen molar-refractivity contribution < 1.29 is 4.79 Å². The van der Waals surface area contributed by atoms with Gasteiger partial charge < -0.3 is 10.2 Å². The largest absolute Gasteiger partial charge is 0.353 e. The van der Waals surface area contributed by atoms with Gasteiger partial charge in [-0.05, 0) is 38.1 Å². The number of aromatic nitrogens is 3. The van der Waals surface area contributed by atoms with E-state index in [2.05, 4.69) is 15.2 Å². The molecule has 0 unspecified atom stereocenters. The summed E-state index contributed by atoms with van der Waals surface area (Å²) in [5.41, 5.74) is -0.551. The Labute approximate surface area is 138 Å². The minimum atomic E-state index is -0.715. The van der Waals surface area contributed by atoms with Gasteiger partial charge in [-0.3, -0.25) is 23.5 Å². The van der Waals surface area contributed by atoms with Crippen LogP contribution in [0.25, 0.3) is 11.2 Å². The predicted molar refractivity (Wildman–Crippen MR) is 89.9 cm³/mol. The van der Waals surface area contributed by atoms with Crippen molar-refractivity contribution in [3.63, 3.8) is 0 Å². The number of likely N-dealkylation sites (tertiary alicyclic amines) is 1. The van der Waals surface area contributed by atoms with Gasteiger partial charge in [-0.15, -0.1) is 0 Å². The highest BCUT2D eigenvalue weighted by atomic mass is 16.2. The van der Waals surface area contributed by atoms with E-state index in [1.165, 1.54) is 29.0 Å². The molecule has 1 aliphatic rings. The Hall–Kier alpha value is -2.48. The zero-order chi connectivity index (χ0) is 17.1. The van der Waals surface area contributed by atoms with Crippen molar-refractivity contribution >= 4 is 17.1 Å². The topological polar surface area (TPSA) is 89.2 Å². The van der Waals surface area contributed by atoms with E-state index in [4.69, 9.17) is 0 Å². The number of hydrogen-bond acceptors (Lipinski definition) is 5. The fourth-order valence-corrected chi connectivity index (χ4v) is 3.04. The third-order valence-corrected chi connectivity index (χ3v) is 4.36. The van der Waals surface area contributed by atoms with Crippen LogP contribution in [0.4, 0.5) is 0 Å². The molecular weight excluding hydrogens is 310 g/mol. The molecule has 2 aromatic heterocycles. The number of pyridine rings is 1. The number of hydrogen-bond donors (Lipinski definition) is 1. The van der Waals surface area contributed by atoms with Gasteiger partial charge in [0.25, 0.3) is 0 Å². The van der Waals surface area contributed by atoms with E-state index >= 15 is 0 Å². The summed E-state index contributed by atoms with van der Waals surface area (Å²) in [4.78, 5) is 42.8. The number of carbonyl (C=O) groups is 1. The molecule has 1 aliphatic heterocycles. The molecule has 3 heterocycles. The molecule has 2 aromatic rings. The van der Waals surface area contributed by atoms with Gasteiger partial charge in [0.15, 0.2) is 5.65 Å². The highest BCUT2D eigenvalue weighted by molar-refractivity contribution is 5.78. The minimum Gasteiger partial charge on any atom is -0.353 e. The second-order valence-electron chi connectivity index (χ2n) is 6.00. The average Bonchev–Trinajstić information content (AvgIpc) is 3.10. The fourth-order valence-electron chi connectivity index (χ4n) is 3.04. The number of nitrogens with one attached hydrogen (secondary N) is 1. The Morgan fingerprint density at radius 1 is 1.25 bits per heavy atom. The first-order chi connectivity index (χ1) is 11.6. The maximum Gasteiger partial charge on any atom is 0.317 e. The van der Waals surface area contributed by atoms with Crippen molar-refractivity contribution in [3.8, 4) is 0 Å². The Kier molecular flexibility index (Phi) is 4.75. The smallest absolute Gasteiger partial charge is 0.317 e. The van der Waals surface area contributed by atoms with E-state index in [-0.39, 0.29) is 12.5 Å². The third kappa shape index (κ3) is 3.23. The second kappa shape index (κ2) is 6.96. The molecule has 0 bridgehead atoms. The summed E-state index contributed by atoms with van der Waals surface area (Å²) in [6, 6.07) is 3.36. The molecule has 128 valence electrons. The summed E-state index contributed by atoms with van der Waals surface area (Å²) >= 11 is 0. The van der Waals surface area contributed by atoms with Crippen molar-refractivity contribution in [2.24, 2.45) is 7.05 Å². The zero-order valence-electron chi connectivity index (χ0n) is 13.7. The van der Waals surface area contributed by atoms with Crippen LogP contribution in [0.15, 0.2) is 27.9 Å². The molecule has 0 aliphatic carbocycles. The Bertz CT molecular complexity index is 864. The van der Waals surface area contributed by atoms with E-state index in [9.17, 15) is 14.4 Å². The first kappa shape index (κ1) is 16.4. The lowest BCUT2D eigenvalue weighted by Crippen LogP contribution is -2.44. The van der Waals surface area contributed by atoms with E-state index in [1.807, 2.05) is 0 Å². The molecule has 1 N–H and O–H groups in total. The van der Waals surface area contributed by atoms with Gasteiger partial charge in [0.2, 0.25) is 5.91 Å². The van der Waals surface area contributed by atoms with Gasteiger partial charge >= 0.3 is 11.1 Å². The molecule has 8 heteroatoms. The highest BCUT2D eigenvalue weighted by Gasteiger charge is 2.15. The highest BCUT2D eigenvalue weighted by Crippen LogP contribution is 2.06. The van der Waals surface area contributed by atoms with E-state index in [1.54, 1.807) is 18.3 Å². The summed E-state index contributed by atoms with van der Waals surface area (Å²) in [5.74, 6) is -0.283. The van der Waals surface area contributed by atoms with Crippen LogP contribution >= 0.6 is 0 Å². The predicted octanol–water partition coefficient (Wildman–Crippen LogP) is -0.693. The van der Waals surface area contributed by atoms with Gasteiger partial charge in [-0.2, -0.15) is 0 Å². The molecule has 0 atom stereocenters. The molecule has 0 spiro atoms. The number of carbonyl (C=O) groups excluding carboxylic acids is 1. The number of amides is 1. The molecule has 8 nitrogen and oxygen atoms in total. The number of rotatable bonds is 5. The molecule has 1 amide bonds. The third-order valence-electron chi connectivity index (χ3n) is 4.36. The molecule has 1 saturated heterocycles.